The number of rotatable bonds is 3. The van der Waals surface area contributed by atoms with Crippen molar-refractivity contribution < 1.29 is 12.9 Å². The molecule has 0 N–H and O–H groups in total. The van der Waals surface area contributed by atoms with Crippen molar-refractivity contribution in [1.29, 1.82) is 0 Å². The minimum absolute atomic E-state index is 0.248. The first-order valence-corrected chi connectivity index (χ1v) is 5.22. The van der Waals surface area contributed by atoms with Crippen molar-refractivity contribution in [2.75, 3.05) is 0 Å². The third kappa shape index (κ3) is 2.18. The molecule has 0 saturated carbocycles. The molecule has 2 heterocycles. The predicted molar refractivity (Wildman–Crippen MR) is 62.4 cm³/mol. The number of nitrogens with zero attached hydrogens (tertiary/aromatic N) is 3. The molecule has 0 unspecified atom stereocenters. The highest BCUT2D eigenvalue weighted by Gasteiger charge is 2.26. The Morgan fingerprint density at radius 1 is 1.44 bits per heavy atom. The average Bonchev–Trinajstić information content (AvgIpc) is 2.62. The molecular weight excluding hydrogens is 246 g/mol. The average molecular weight is 256 g/mol. The lowest BCUT2D eigenvalue weighted by molar-refractivity contribution is 0.481. The number of hydrogen-bond donors (Lipinski definition) is 0. The summed E-state index contributed by atoms with van der Waals surface area (Å²) in [5, 5.41) is 4.01. The fourth-order valence-electron chi connectivity index (χ4n) is 1.60. The number of halogens is 3. The van der Waals surface area contributed by atoms with Crippen molar-refractivity contribution >= 4 is 12.5 Å². The molecule has 18 heavy (non-hydrogen) atoms. The van der Waals surface area contributed by atoms with E-state index in [4.69, 9.17) is 0 Å². The molecule has 8 heteroatoms. The molecule has 4 nitrogen and oxygen atoms in total. The lowest BCUT2D eigenvalue weighted by Crippen LogP contribution is -2.28. The van der Waals surface area contributed by atoms with Crippen LogP contribution in [-0.2, 0) is 6.54 Å². The van der Waals surface area contributed by atoms with E-state index in [2.05, 4.69) is 11.7 Å². The number of fused-ring (bicyclic) bond motifs is 1. The van der Waals surface area contributed by atoms with E-state index >= 15 is 0 Å². The van der Waals surface area contributed by atoms with E-state index in [-0.39, 0.29) is 5.52 Å². The molecule has 0 aliphatic carbocycles. The van der Waals surface area contributed by atoms with E-state index in [1.807, 2.05) is 0 Å². The topological polar surface area (TPSA) is 39.3 Å². The van der Waals surface area contributed by atoms with Crippen molar-refractivity contribution in [1.82, 2.24) is 14.2 Å². The van der Waals surface area contributed by atoms with Crippen LogP contribution in [0, 0.1) is 6.92 Å². The summed E-state index contributed by atoms with van der Waals surface area (Å²) in [4.78, 5) is 11.9. The van der Waals surface area contributed by atoms with E-state index in [9.17, 15) is 17.7 Å². The first kappa shape index (κ1) is 12.5. The van der Waals surface area contributed by atoms with Gasteiger partial charge in [-0.05, 0) is 13.0 Å². The van der Waals surface area contributed by atoms with Crippen LogP contribution in [0.1, 0.15) is 5.69 Å². The summed E-state index contributed by atoms with van der Waals surface area (Å²) in [6.45, 7) is -1.01. The molecule has 0 fully saturated rings. The monoisotopic (exact) mass is 256 g/mol. The zero-order valence-electron chi connectivity index (χ0n) is 9.61. The summed E-state index contributed by atoms with van der Waals surface area (Å²) in [5.41, 5.74) is -0.543. The van der Waals surface area contributed by atoms with Crippen LogP contribution in [0.4, 0.5) is 12.9 Å². The Hall–Kier alpha value is -1.99. The largest absolute Gasteiger partial charge is 0.506 e. The highest BCUT2D eigenvalue weighted by Crippen LogP contribution is 2.19. The zero-order chi connectivity index (χ0) is 13.5. The van der Waals surface area contributed by atoms with Gasteiger partial charge in [-0.25, -0.2) is 4.52 Å². The second kappa shape index (κ2) is 4.04. The standard InChI is InChI=1S/C10H10BF3N3O/c1-7(11(12,13)14)6-16-3-4-17-9(10(16)18)5-8(2)15-17/h3-5H,1,6H2,2H3/q-1. The third-order valence-corrected chi connectivity index (χ3v) is 2.56. The predicted octanol–water partition coefficient (Wildman–Crippen LogP) is 1.75. The molecule has 0 spiro atoms. The van der Waals surface area contributed by atoms with Gasteiger partial charge in [0.25, 0.3) is 5.56 Å². The van der Waals surface area contributed by atoms with Gasteiger partial charge in [-0.15, -0.1) is 12.1 Å². The van der Waals surface area contributed by atoms with Crippen LogP contribution < -0.4 is 5.56 Å². The Bertz CT molecular complexity index is 671. The Kier molecular flexibility index (Phi) is 2.80. The Balaban J connectivity index is 2.44. The highest BCUT2D eigenvalue weighted by atomic mass is 19.4. The Labute approximate surface area is 100 Å². The number of hydrogen-bond acceptors (Lipinski definition) is 2. The molecule has 0 saturated heterocycles. The number of aryl methyl sites for hydroxylation is 1. The molecular formula is C10H10BF3N3O-. The van der Waals surface area contributed by atoms with Crippen molar-refractivity contribution in [3.8, 4) is 0 Å². The van der Waals surface area contributed by atoms with Gasteiger partial charge in [0, 0.05) is 18.9 Å². The first-order valence-electron chi connectivity index (χ1n) is 5.22. The Morgan fingerprint density at radius 3 is 2.72 bits per heavy atom. The van der Waals surface area contributed by atoms with Gasteiger partial charge in [-0.3, -0.25) is 4.79 Å². The van der Waals surface area contributed by atoms with Crippen LogP contribution in [-0.4, -0.2) is 21.2 Å². The van der Waals surface area contributed by atoms with Gasteiger partial charge in [-0.1, -0.05) is 0 Å². The van der Waals surface area contributed by atoms with Crippen LogP contribution in [0.5, 0.6) is 0 Å². The van der Waals surface area contributed by atoms with E-state index in [1.165, 1.54) is 23.0 Å². The van der Waals surface area contributed by atoms with E-state index in [1.54, 1.807) is 6.92 Å². The maximum Gasteiger partial charge on any atom is 0.506 e. The third-order valence-electron chi connectivity index (χ3n) is 2.56. The molecule has 0 amide bonds. The van der Waals surface area contributed by atoms with Crippen LogP contribution in [0.15, 0.2) is 35.3 Å². The van der Waals surface area contributed by atoms with Gasteiger partial charge >= 0.3 is 6.98 Å². The van der Waals surface area contributed by atoms with Crippen molar-refractivity contribution in [2.24, 2.45) is 0 Å². The normalized spacial score (nSPS) is 12.0. The van der Waals surface area contributed by atoms with Crippen LogP contribution >= 0.6 is 0 Å². The molecule has 0 aromatic carbocycles. The van der Waals surface area contributed by atoms with Crippen molar-refractivity contribution in [3.63, 3.8) is 0 Å². The smallest absolute Gasteiger partial charge is 0.445 e. The van der Waals surface area contributed by atoms with Gasteiger partial charge < -0.3 is 17.5 Å². The number of allylic oxidation sites excluding steroid dienone is 1. The summed E-state index contributed by atoms with van der Waals surface area (Å²) < 4.78 is 39.6. The zero-order valence-corrected chi connectivity index (χ0v) is 9.61. The Morgan fingerprint density at radius 2 is 2.11 bits per heavy atom. The van der Waals surface area contributed by atoms with E-state index < -0.39 is 24.6 Å². The van der Waals surface area contributed by atoms with Crippen LogP contribution in [0.3, 0.4) is 0 Å². The summed E-state index contributed by atoms with van der Waals surface area (Å²) in [6.07, 6.45) is 2.72. The van der Waals surface area contributed by atoms with Crippen molar-refractivity contribution in [3.05, 3.63) is 46.6 Å². The lowest BCUT2D eigenvalue weighted by Gasteiger charge is -2.18. The summed E-state index contributed by atoms with van der Waals surface area (Å²) >= 11 is 0. The van der Waals surface area contributed by atoms with Crippen molar-refractivity contribution in [2.45, 2.75) is 13.5 Å². The van der Waals surface area contributed by atoms with Crippen LogP contribution in [0.25, 0.3) is 5.52 Å². The molecule has 0 atom stereocenters. The van der Waals surface area contributed by atoms with E-state index in [0.717, 1.165) is 4.57 Å². The molecule has 0 aliphatic heterocycles. The minimum Gasteiger partial charge on any atom is -0.445 e. The van der Waals surface area contributed by atoms with Crippen LogP contribution in [0.2, 0.25) is 0 Å². The second-order valence-electron chi connectivity index (χ2n) is 4.08. The molecule has 2 aromatic rings. The lowest BCUT2D eigenvalue weighted by atomic mass is 9.80. The maximum absolute atomic E-state index is 12.4. The summed E-state index contributed by atoms with van der Waals surface area (Å²) in [5.74, 6) is 0. The maximum atomic E-state index is 12.4. The quantitative estimate of drug-likeness (QED) is 0.784. The van der Waals surface area contributed by atoms with Gasteiger partial charge in [-0.2, -0.15) is 5.10 Å². The first-order chi connectivity index (χ1) is 8.29. The molecule has 0 radical (unpaired) electrons. The molecule has 0 aliphatic rings. The fourth-order valence-corrected chi connectivity index (χ4v) is 1.60. The summed E-state index contributed by atoms with van der Waals surface area (Å²) in [7, 11) is 0. The molecule has 96 valence electrons. The second-order valence-corrected chi connectivity index (χ2v) is 4.08. The van der Waals surface area contributed by atoms with E-state index in [0.29, 0.717) is 5.69 Å². The minimum atomic E-state index is -5.13. The van der Waals surface area contributed by atoms with Gasteiger partial charge in [0.15, 0.2) is 0 Å². The SMILES string of the molecule is C=C(Cn1ccn2nc(C)cc2c1=O)[B-](F)(F)F. The fraction of sp³-hybridized carbons (Fsp3) is 0.200. The van der Waals surface area contributed by atoms with Gasteiger partial charge in [0.05, 0.1) is 5.69 Å². The molecule has 2 aromatic heterocycles. The van der Waals surface area contributed by atoms with Gasteiger partial charge in [0.2, 0.25) is 0 Å². The van der Waals surface area contributed by atoms with Gasteiger partial charge in [0.1, 0.15) is 5.52 Å². The number of aromatic nitrogens is 3. The highest BCUT2D eigenvalue weighted by molar-refractivity contribution is 6.66. The molecule has 2 rings (SSSR count). The molecule has 0 bridgehead atoms. The summed E-state index contributed by atoms with van der Waals surface area (Å²) in [6, 6.07) is 1.53.